The van der Waals surface area contributed by atoms with Crippen LogP contribution >= 0.6 is 0 Å². The normalized spacial score (nSPS) is 20.5. The highest BCUT2D eigenvalue weighted by Crippen LogP contribution is 2.42. The van der Waals surface area contributed by atoms with Gasteiger partial charge in [0.25, 0.3) is 0 Å². The molecule has 2 aromatic carbocycles. The summed E-state index contributed by atoms with van der Waals surface area (Å²) in [6.45, 7) is 8.48. The average molecular weight is 642 g/mol. The first kappa shape index (κ1) is 31.5. The van der Waals surface area contributed by atoms with Crippen molar-refractivity contribution in [3.63, 3.8) is 0 Å². The number of hydroxylamine groups is 1. The molecule has 2 N–H and O–H groups in total. The molecule has 3 heterocycles. The van der Waals surface area contributed by atoms with E-state index < -0.39 is 23.6 Å². The lowest BCUT2D eigenvalue weighted by atomic mass is 10.0. The molecule has 3 aromatic rings. The van der Waals surface area contributed by atoms with Gasteiger partial charge in [0.15, 0.2) is 5.82 Å². The Hall–Kier alpha value is -4.43. The highest BCUT2D eigenvalue weighted by Gasteiger charge is 2.37. The maximum absolute atomic E-state index is 14.2. The number of nitrogens with one attached hydrogen (secondary N) is 2. The Morgan fingerprint density at radius 1 is 1.09 bits per heavy atom. The third-order valence-corrected chi connectivity index (χ3v) is 8.47. The Bertz CT molecular complexity index is 1620. The number of amides is 1. The topological polar surface area (TPSA) is 95.1 Å². The lowest BCUT2D eigenvalue weighted by molar-refractivity contribution is -0.137. The van der Waals surface area contributed by atoms with Gasteiger partial charge in [-0.3, -0.25) is 14.5 Å². The number of methoxy groups -OCH3 is 1. The number of halogens is 4. The summed E-state index contributed by atoms with van der Waals surface area (Å²) >= 11 is 0. The van der Waals surface area contributed by atoms with E-state index in [1.807, 2.05) is 6.07 Å². The Balaban J connectivity index is 1.28. The molecule has 0 radical (unpaired) electrons. The van der Waals surface area contributed by atoms with Crippen molar-refractivity contribution in [3.8, 4) is 5.75 Å². The minimum absolute atomic E-state index is 0.116. The molecule has 6 rings (SSSR count). The Kier molecular flexibility index (Phi) is 8.75. The molecule has 0 spiro atoms. The van der Waals surface area contributed by atoms with E-state index in [0.29, 0.717) is 47.5 Å². The van der Waals surface area contributed by atoms with E-state index >= 15 is 0 Å². The van der Waals surface area contributed by atoms with Gasteiger partial charge in [0.1, 0.15) is 23.7 Å². The van der Waals surface area contributed by atoms with Gasteiger partial charge in [-0.2, -0.15) is 13.2 Å². The summed E-state index contributed by atoms with van der Waals surface area (Å²) in [5.41, 5.74) is 0.909. The molecule has 3 aliphatic rings. The molecule has 1 aromatic heterocycles. The Labute approximate surface area is 264 Å². The highest BCUT2D eigenvalue weighted by atomic mass is 19.4. The number of benzene rings is 2. The molecule has 2 atom stereocenters. The summed E-state index contributed by atoms with van der Waals surface area (Å²) in [4.78, 5) is 31.5. The maximum atomic E-state index is 14.2. The number of nitrogens with zero attached hydrogens (tertiary/aromatic N) is 5. The van der Waals surface area contributed by atoms with Gasteiger partial charge in [-0.25, -0.2) is 19.4 Å². The fraction of sp³-hybridized carbons (Fsp3) is 0.406. The van der Waals surface area contributed by atoms with Crippen LogP contribution in [0.25, 0.3) is 0 Å². The number of anilines is 5. The van der Waals surface area contributed by atoms with Crippen LogP contribution in [-0.2, 0) is 15.8 Å². The third kappa shape index (κ3) is 6.72. The molecule has 0 unspecified atom stereocenters. The van der Waals surface area contributed by atoms with Crippen molar-refractivity contribution in [2.45, 2.75) is 50.5 Å². The number of hydrogen-bond donors (Lipinski definition) is 2. The van der Waals surface area contributed by atoms with Crippen LogP contribution in [0.1, 0.15) is 43.4 Å². The van der Waals surface area contributed by atoms with Gasteiger partial charge in [0.05, 0.1) is 42.4 Å². The first-order valence-electron chi connectivity index (χ1n) is 15.1. The van der Waals surface area contributed by atoms with Gasteiger partial charge < -0.3 is 20.3 Å². The van der Waals surface area contributed by atoms with E-state index in [1.165, 1.54) is 30.3 Å². The number of rotatable bonds is 9. The lowest BCUT2D eigenvalue weighted by Gasteiger charge is -2.42. The van der Waals surface area contributed by atoms with Crippen molar-refractivity contribution in [1.29, 1.82) is 0 Å². The molecule has 2 aliphatic heterocycles. The molecule has 1 amide bonds. The zero-order chi connectivity index (χ0) is 32.6. The maximum Gasteiger partial charge on any atom is 0.416 e. The molecule has 0 bridgehead atoms. The van der Waals surface area contributed by atoms with Crippen molar-refractivity contribution < 1.29 is 31.9 Å². The quantitative estimate of drug-likeness (QED) is 0.213. The highest BCUT2D eigenvalue weighted by molar-refractivity contribution is 6.02. The largest absolute Gasteiger partial charge is 0.494 e. The summed E-state index contributed by atoms with van der Waals surface area (Å²) in [6.07, 6.45) is 0.577. The predicted molar refractivity (Wildman–Crippen MR) is 166 cm³/mol. The van der Waals surface area contributed by atoms with Crippen LogP contribution in [0.4, 0.5) is 46.3 Å². The minimum Gasteiger partial charge on any atom is -0.494 e. The van der Waals surface area contributed by atoms with Gasteiger partial charge >= 0.3 is 6.18 Å². The van der Waals surface area contributed by atoms with E-state index in [4.69, 9.17) is 9.57 Å². The summed E-state index contributed by atoms with van der Waals surface area (Å²) in [6, 6.07) is 7.94. The second-order valence-corrected chi connectivity index (χ2v) is 11.6. The number of ether oxygens (including phenoxy) is 1. The fourth-order valence-electron chi connectivity index (χ4n) is 6.16. The van der Waals surface area contributed by atoms with Gasteiger partial charge in [-0.15, -0.1) is 0 Å². The summed E-state index contributed by atoms with van der Waals surface area (Å²) in [7, 11) is 1.54. The number of hydrogen-bond acceptors (Lipinski definition) is 9. The number of carbonyl (C=O) groups excluding carboxylic acids is 1. The number of piperazine rings is 1. The summed E-state index contributed by atoms with van der Waals surface area (Å²) in [5, 5.41) is 7.49. The van der Waals surface area contributed by atoms with E-state index in [9.17, 15) is 22.4 Å². The summed E-state index contributed by atoms with van der Waals surface area (Å²) in [5.74, 6) is -0.270. The zero-order valence-electron chi connectivity index (χ0n) is 25.5. The van der Waals surface area contributed by atoms with Gasteiger partial charge in [0.2, 0.25) is 5.91 Å². The lowest BCUT2D eigenvalue weighted by Crippen LogP contribution is -2.52. The van der Waals surface area contributed by atoms with Crippen molar-refractivity contribution in [2.24, 2.45) is 0 Å². The molecule has 1 aliphatic carbocycles. The molecule has 14 heteroatoms. The fourth-order valence-corrected chi connectivity index (χ4v) is 6.16. The molecule has 244 valence electrons. The van der Waals surface area contributed by atoms with Gasteiger partial charge in [0, 0.05) is 50.3 Å². The second-order valence-electron chi connectivity index (χ2n) is 11.6. The molecule has 10 nitrogen and oxygen atoms in total. The van der Waals surface area contributed by atoms with E-state index in [2.05, 4.69) is 43.9 Å². The van der Waals surface area contributed by atoms with Crippen molar-refractivity contribution in [3.05, 3.63) is 72.3 Å². The van der Waals surface area contributed by atoms with Gasteiger partial charge in [-0.05, 0) is 55.7 Å². The van der Waals surface area contributed by atoms with Crippen molar-refractivity contribution in [2.75, 3.05) is 53.9 Å². The Morgan fingerprint density at radius 3 is 2.59 bits per heavy atom. The van der Waals surface area contributed by atoms with Crippen LogP contribution < -0.4 is 25.3 Å². The van der Waals surface area contributed by atoms with Crippen molar-refractivity contribution in [1.82, 2.24) is 14.9 Å². The monoisotopic (exact) mass is 641 g/mol. The van der Waals surface area contributed by atoms with Crippen LogP contribution in [0.15, 0.2) is 55.4 Å². The van der Waals surface area contributed by atoms with Crippen LogP contribution in [-0.4, -0.2) is 66.2 Å². The molecular weight excluding hydrogens is 606 g/mol. The third-order valence-electron chi connectivity index (χ3n) is 8.47. The number of aromatic nitrogens is 2. The molecule has 2 saturated heterocycles. The first-order valence-corrected chi connectivity index (χ1v) is 15.1. The van der Waals surface area contributed by atoms with Crippen LogP contribution in [0, 0.1) is 5.82 Å². The Morgan fingerprint density at radius 2 is 1.89 bits per heavy atom. The van der Waals surface area contributed by atoms with Crippen LogP contribution in [0.5, 0.6) is 5.75 Å². The smallest absolute Gasteiger partial charge is 0.416 e. The van der Waals surface area contributed by atoms with Crippen LogP contribution in [0.3, 0.4) is 0 Å². The minimum atomic E-state index is -4.70. The number of carbonyl (C=O) groups is 1. The summed E-state index contributed by atoms with van der Waals surface area (Å²) < 4.78 is 60.2. The molecular formula is C32H35F4N7O3. The first-order chi connectivity index (χ1) is 22.0. The zero-order valence-corrected chi connectivity index (χ0v) is 25.5. The van der Waals surface area contributed by atoms with Gasteiger partial charge in [-0.1, -0.05) is 6.58 Å². The molecule has 1 saturated carbocycles. The SMILES string of the molecule is C=CC(=O)Nc1cc(Nc2cc(N3OCC[C@@H]3c3cc(F)cc(C(F)(F)F)c3)ncn2)c(OC)cc1N1CCN(C2CC2)[C@@H](C)C1. The van der Waals surface area contributed by atoms with E-state index in [1.54, 1.807) is 19.2 Å². The predicted octanol–water partition coefficient (Wildman–Crippen LogP) is 6.07. The number of alkyl halides is 3. The van der Waals surface area contributed by atoms with E-state index in [0.717, 1.165) is 37.5 Å². The van der Waals surface area contributed by atoms with Crippen LogP contribution in [0.2, 0.25) is 0 Å². The average Bonchev–Trinajstić information content (AvgIpc) is 3.75. The standard InChI is InChI=1S/C32H35F4N7O3/c1-4-31(44)40-24-14-25(28(45-3)15-27(24)41-8-9-42(19(2)17-41)23-5-6-23)39-29-16-30(38-18-37-29)43-26(7-10-46-43)20-11-21(32(34,35)36)13-22(33)12-20/h4,11-16,18-19,23,26H,1,5-10,17H2,2-3H3,(H,40,44)(H,37,38,39)/t19-,26+/m0/s1. The van der Waals surface area contributed by atoms with Crippen molar-refractivity contribution >= 4 is 34.6 Å². The molecule has 46 heavy (non-hydrogen) atoms. The second kappa shape index (κ2) is 12.8. The van der Waals surface area contributed by atoms with E-state index in [-0.39, 0.29) is 23.9 Å². The molecule has 3 fully saturated rings.